The average molecular weight is 297 g/mol. The predicted molar refractivity (Wildman–Crippen MR) is 71.7 cm³/mol. The van der Waals surface area contributed by atoms with E-state index < -0.39 is 27.2 Å². The highest BCUT2D eigenvalue weighted by Gasteiger charge is 2.35. The average Bonchev–Trinajstić information content (AvgIpc) is 2.28. The van der Waals surface area contributed by atoms with E-state index in [0.717, 1.165) is 18.4 Å². The van der Waals surface area contributed by atoms with Gasteiger partial charge < -0.3 is 0 Å². The fourth-order valence-electron chi connectivity index (χ4n) is 1.46. The SMILES string of the molecule is CC(C)(C)C(=O)N(c1c[c]c(F)cc1C#N)S(C)(=O)=O. The molecule has 1 amide bonds. The van der Waals surface area contributed by atoms with E-state index in [4.69, 9.17) is 5.26 Å². The maximum absolute atomic E-state index is 13.1. The molecule has 0 spiro atoms. The molecule has 107 valence electrons. The standard InChI is InChI=1S/C13H14FN2O3S/c1-13(2,3)12(17)16(20(4,18)19)11-6-5-10(14)7-9(11)8-15/h6-7H,1-4H3. The first-order valence-electron chi connectivity index (χ1n) is 5.64. The summed E-state index contributed by atoms with van der Waals surface area (Å²) in [6, 6.07) is 5.66. The van der Waals surface area contributed by atoms with E-state index in [2.05, 4.69) is 6.07 Å². The van der Waals surface area contributed by atoms with Crippen molar-refractivity contribution in [2.45, 2.75) is 20.8 Å². The van der Waals surface area contributed by atoms with Crippen LogP contribution in [0.4, 0.5) is 10.1 Å². The molecule has 0 saturated heterocycles. The minimum Gasteiger partial charge on any atom is -0.273 e. The van der Waals surface area contributed by atoms with Crippen molar-refractivity contribution < 1.29 is 17.6 Å². The van der Waals surface area contributed by atoms with Crippen molar-refractivity contribution in [1.82, 2.24) is 0 Å². The van der Waals surface area contributed by atoms with Gasteiger partial charge in [-0.15, -0.1) is 0 Å². The number of carbonyl (C=O) groups excluding carboxylic acids is 1. The zero-order valence-corrected chi connectivity index (χ0v) is 12.4. The van der Waals surface area contributed by atoms with Gasteiger partial charge in [0.25, 0.3) is 0 Å². The van der Waals surface area contributed by atoms with Crippen LogP contribution in [0.25, 0.3) is 0 Å². The molecule has 20 heavy (non-hydrogen) atoms. The van der Waals surface area contributed by atoms with Crippen LogP contribution in [0.5, 0.6) is 0 Å². The summed E-state index contributed by atoms with van der Waals surface area (Å²) < 4.78 is 37.3. The number of amides is 1. The highest BCUT2D eigenvalue weighted by molar-refractivity contribution is 7.92. The summed E-state index contributed by atoms with van der Waals surface area (Å²) in [5, 5.41) is 8.98. The number of sulfonamides is 1. The van der Waals surface area contributed by atoms with Crippen LogP contribution in [-0.2, 0) is 14.8 Å². The Labute approximate surface area is 117 Å². The molecule has 0 bridgehead atoms. The van der Waals surface area contributed by atoms with Crippen LogP contribution >= 0.6 is 0 Å². The van der Waals surface area contributed by atoms with Crippen molar-refractivity contribution in [1.29, 1.82) is 5.26 Å². The summed E-state index contributed by atoms with van der Waals surface area (Å²) in [5.41, 5.74) is -1.43. The lowest BCUT2D eigenvalue weighted by Crippen LogP contribution is -2.43. The first-order chi connectivity index (χ1) is 8.98. The summed E-state index contributed by atoms with van der Waals surface area (Å²) in [5.74, 6) is -1.52. The molecule has 1 aromatic carbocycles. The van der Waals surface area contributed by atoms with Gasteiger partial charge in [-0.1, -0.05) is 20.8 Å². The molecule has 7 heteroatoms. The number of nitrogens with zero attached hydrogens (tertiary/aromatic N) is 2. The van der Waals surface area contributed by atoms with Gasteiger partial charge in [0.1, 0.15) is 11.9 Å². The fraction of sp³-hybridized carbons (Fsp3) is 0.385. The Kier molecular flexibility index (Phi) is 4.20. The summed E-state index contributed by atoms with van der Waals surface area (Å²) in [6.07, 6.45) is 0.848. The van der Waals surface area contributed by atoms with Crippen molar-refractivity contribution in [2.24, 2.45) is 5.41 Å². The third-order valence-corrected chi connectivity index (χ3v) is 3.42. The summed E-state index contributed by atoms with van der Waals surface area (Å²) in [7, 11) is -3.96. The number of halogens is 1. The first kappa shape index (κ1) is 16.1. The number of anilines is 1. The van der Waals surface area contributed by atoms with Gasteiger partial charge in [0.05, 0.1) is 17.5 Å². The Morgan fingerprint density at radius 3 is 2.40 bits per heavy atom. The monoisotopic (exact) mass is 297 g/mol. The van der Waals surface area contributed by atoms with Crippen molar-refractivity contribution in [2.75, 3.05) is 10.6 Å². The Balaban J connectivity index is 3.58. The molecule has 0 unspecified atom stereocenters. The van der Waals surface area contributed by atoms with Gasteiger partial charge in [-0.3, -0.25) is 4.79 Å². The maximum atomic E-state index is 13.1. The fourth-order valence-corrected chi connectivity index (χ4v) is 2.54. The number of rotatable bonds is 2. The van der Waals surface area contributed by atoms with Gasteiger partial charge in [-0.2, -0.15) is 5.26 Å². The van der Waals surface area contributed by atoms with E-state index in [1.54, 1.807) is 26.8 Å². The Morgan fingerprint density at radius 2 is 2.00 bits per heavy atom. The second-order valence-electron chi connectivity index (χ2n) is 5.27. The van der Waals surface area contributed by atoms with Crippen molar-refractivity contribution in [3.8, 4) is 6.07 Å². The Hall–Kier alpha value is -1.94. The molecular weight excluding hydrogens is 283 g/mol. The van der Waals surface area contributed by atoms with E-state index in [9.17, 15) is 17.6 Å². The summed E-state index contributed by atoms with van der Waals surface area (Å²) in [6.45, 7) is 4.65. The van der Waals surface area contributed by atoms with Gasteiger partial charge in [0, 0.05) is 11.5 Å². The third kappa shape index (κ3) is 3.33. The molecule has 0 saturated carbocycles. The van der Waals surface area contributed by atoms with Gasteiger partial charge in [-0.05, 0) is 12.1 Å². The summed E-state index contributed by atoms with van der Waals surface area (Å²) >= 11 is 0. The van der Waals surface area contributed by atoms with E-state index >= 15 is 0 Å². The van der Waals surface area contributed by atoms with E-state index in [0.29, 0.717) is 4.31 Å². The van der Waals surface area contributed by atoms with E-state index in [1.165, 1.54) is 0 Å². The second-order valence-corrected chi connectivity index (χ2v) is 7.11. The van der Waals surface area contributed by atoms with Crippen LogP contribution in [0.15, 0.2) is 12.1 Å². The van der Waals surface area contributed by atoms with Gasteiger partial charge in [-0.25, -0.2) is 17.1 Å². The van der Waals surface area contributed by atoms with Crippen LogP contribution < -0.4 is 4.31 Å². The molecule has 1 radical (unpaired) electrons. The molecular formula is C13H14FN2O3S. The topological polar surface area (TPSA) is 78.2 Å². The smallest absolute Gasteiger partial charge is 0.246 e. The normalized spacial score (nSPS) is 11.8. The molecule has 1 aromatic rings. The minimum absolute atomic E-state index is 0.198. The minimum atomic E-state index is -3.96. The van der Waals surface area contributed by atoms with Crippen molar-refractivity contribution in [3.63, 3.8) is 0 Å². The lowest BCUT2D eigenvalue weighted by atomic mass is 9.95. The highest BCUT2D eigenvalue weighted by atomic mass is 32.2. The number of hydrogen-bond acceptors (Lipinski definition) is 4. The molecule has 0 aliphatic rings. The maximum Gasteiger partial charge on any atom is 0.246 e. The molecule has 0 atom stereocenters. The molecule has 0 heterocycles. The van der Waals surface area contributed by atoms with Crippen LogP contribution in [0.3, 0.4) is 0 Å². The molecule has 0 aliphatic carbocycles. The Bertz CT molecular complexity index is 685. The van der Waals surface area contributed by atoms with Crippen molar-refractivity contribution >= 4 is 21.6 Å². The largest absolute Gasteiger partial charge is 0.273 e. The molecule has 0 aliphatic heterocycles. The van der Waals surface area contributed by atoms with Gasteiger partial charge in [0.2, 0.25) is 15.9 Å². The molecule has 0 aromatic heterocycles. The zero-order valence-electron chi connectivity index (χ0n) is 11.6. The first-order valence-corrected chi connectivity index (χ1v) is 7.49. The lowest BCUT2D eigenvalue weighted by Gasteiger charge is -2.28. The number of carbonyl (C=O) groups is 1. The van der Waals surface area contributed by atoms with Gasteiger partial charge in [0.15, 0.2) is 0 Å². The van der Waals surface area contributed by atoms with E-state index in [-0.39, 0.29) is 11.3 Å². The van der Waals surface area contributed by atoms with Crippen molar-refractivity contribution in [3.05, 3.63) is 29.6 Å². The quantitative estimate of drug-likeness (QED) is 0.834. The number of benzene rings is 1. The molecule has 1 rings (SSSR count). The highest BCUT2D eigenvalue weighted by Crippen LogP contribution is 2.28. The van der Waals surface area contributed by atoms with Gasteiger partial charge >= 0.3 is 0 Å². The van der Waals surface area contributed by atoms with Crippen LogP contribution in [0.2, 0.25) is 0 Å². The lowest BCUT2D eigenvalue weighted by molar-refractivity contribution is -0.124. The van der Waals surface area contributed by atoms with E-state index in [1.807, 2.05) is 0 Å². The van der Waals surface area contributed by atoms with Crippen LogP contribution in [0.1, 0.15) is 26.3 Å². The molecule has 0 N–H and O–H groups in total. The van der Waals surface area contributed by atoms with Crippen LogP contribution in [-0.4, -0.2) is 20.6 Å². The Morgan fingerprint density at radius 1 is 1.45 bits per heavy atom. The molecule has 5 nitrogen and oxygen atoms in total. The predicted octanol–water partition coefficient (Wildman–Crippen LogP) is 1.84. The second kappa shape index (κ2) is 5.21. The number of nitriles is 1. The zero-order chi connectivity index (χ0) is 15.7. The summed E-state index contributed by atoms with van der Waals surface area (Å²) in [4.78, 5) is 12.3. The number of hydrogen-bond donors (Lipinski definition) is 0. The molecule has 0 fully saturated rings. The van der Waals surface area contributed by atoms with Crippen LogP contribution in [0, 0.1) is 28.6 Å². The third-order valence-electron chi connectivity index (χ3n) is 2.39.